The van der Waals surface area contributed by atoms with Gasteiger partial charge < -0.3 is 0 Å². The third-order valence-electron chi connectivity index (χ3n) is 3.17. The van der Waals surface area contributed by atoms with Crippen LogP contribution in [0.5, 0.6) is 0 Å². The van der Waals surface area contributed by atoms with Gasteiger partial charge in [0.05, 0.1) is 11.4 Å². The normalized spacial score (nSPS) is 11.6. The maximum Gasteiger partial charge on any atom is 0.240 e. The van der Waals surface area contributed by atoms with Gasteiger partial charge in [0.15, 0.2) is 5.13 Å². The molecule has 6 heteroatoms. The van der Waals surface area contributed by atoms with Gasteiger partial charge in [-0.25, -0.2) is 17.7 Å². The zero-order valence-corrected chi connectivity index (χ0v) is 13.7. The molecule has 0 radical (unpaired) electrons. The Balaban J connectivity index is 2.23. The molecule has 0 aliphatic carbocycles. The quantitative estimate of drug-likeness (QED) is 0.872. The van der Waals surface area contributed by atoms with E-state index in [1.165, 1.54) is 15.6 Å². The second kappa shape index (κ2) is 5.54. The van der Waals surface area contributed by atoms with E-state index in [-0.39, 0.29) is 5.75 Å². The highest BCUT2D eigenvalue weighted by Gasteiger charge is 2.22. The van der Waals surface area contributed by atoms with Crippen LogP contribution in [0.1, 0.15) is 21.7 Å². The number of aryl methyl sites for hydroxylation is 3. The van der Waals surface area contributed by atoms with E-state index < -0.39 is 10.0 Å². The summed E-state index contributed by atoms with van der Waals surface area (Å²) in [5, 5.41) is 0.520. The third-order valence-corrected chi connectivity index (χ3v) is 6.14. The van der Waals surface area contributed by atoms with Crippen molar-refractivity contribution in [3.63, 3.8) is 0 Å². The van der Waals surface area contributed by atoms with Crippen molar-refractivity contribution in [1.29, 1.82) is 0 Å². The number of hydrogen-bond acceptors (Lipinski definition) is 4. The molecule has 0 unspecified atom stereocenters. The molecule has 0 bridgehead atoms. The molecule has 2 rings (SSSR count). The minimum Gasteiger partial charge on any atom is -0.248 e. The summed E-state index contributed by atoms with van der Waals surface area (Å²) in [5.41, 5.74) is 2.78. The summed E-state index contributed by atoms with van der Waals surface area (Å²) in [4.78, 5) is 5.34. The zero-order chi connectivity index (χ0) is 14.9. The van der Waals surface area contributed by atoms with Gasteiger partial charge in [0.2, 0.25) is 10.0 Å². The van der Waals surface area contributed by atoms with Gasteiger partial charge in [-0.1, -0.05) is 29.8 Å². The maximum atomic E-state index is 12.4. The number of anilines is 1. The summed E-state index contributed by atoms with van der Waals surface area (Å²) in [6.07, 6.45) is 0. The lowest BCUT2D eigenvalue weighted by Crippen LogP contribution is -2.27. The van der Waals surface area contributed by atoms with Crippen LogP contribution >= 0.6 is 11.3 Å². The van der Waals surface area contributed by atoms with Crippen molar-refractivity contribution < 1.29 is 8.42 Å². The Kier molecular flexibility index (Phi) is 4.15. The number of aromatic nitrogens is 1. The van der Waals surface area contributed by atoms with E-state index >= 15 is 0 Å². The lowest BCUT2D eigenvalue weighted by Gasteiger charge is -2.16. The van der Waals surface area contributed by atoms with Gasteiger partial charge >= 0.3 is 0 Å². The van der Waals surface area contributed by atoms with Crippen LogP contribution in [-0.4, -0.2) is 20.4 Å². The molecular weight excluding hydrogens is 292 g/mol. The van der Waals surface area contributed by atoms with E-state index in [1.807, 2.05) is 45.0 Å². The van der Waals surface area contributed by atoms with Crippen molar-refractivity contribution in [3.05, 3.63) is 46.0 Å². The SMILES string of the molecule is Cc1ccc(CS(=O)(=O)N(C)c2nc(C)c(C)s2)cc1. The Morgan fingerprint density at radius 2 is 1.75 bits per heavy atom. The molecule has 4 nitrogen and oxygen atoms in total. The molecule has 0 N–H and O–H groups in total. The predicted octanol–water partition coefficient (Wildman–Crippen LogP) is 3.03. The molecule has 0 spiro atoms. The first kappa shape index (κ1) is 15.0. The van der Waals surface area contributed by atoms with Crippen LogP contribution in [0.2, 0.25) is 0 Å². The Hall–Kier alpha value is -1.40. The van der Waals surface area contributed by atoms with Crippen LogP contribution in [0.4, 0.5) is 5.13 Å². The molecule has 1 heterocycles. The van der Waals surface area contributed by atoms with Crippen molar-refractivity contribution in [3.8, 4) is 0 Å². The lowest BCUT2D eigenvalue weighted by atomic mass is 10.2. The van der Waals surface area contributed by atoms with Gasteiger partial charge in [0.1, 0.15) is 0 Å². The minimum atomic E-state index is -3.40. The molecule has 0 aliphatic rings. The first-order valence-electron chi connectivity index (χ1n) is 6.26. The molecular formula is C14H18N2O2S2. The summed E-state index contributed by atoms with van der Waals surface area (Å²) < 4.78 is 26.1. The fourth-order valence-electron chi connectivity index (χ4n) is 1.70. The Labute approximate surface area is 124 Å². The van der Waals surface area contributed by atoms with Gasteiger partial charge in [-0.3, -0.25) is 0 Å². The fourth-order valence-corrected chi connectivity index (χ4v) is 4.02. The largest absolute Gasteiger partial charge is 0.248 e. The highest BCUT2D eigenvalue weighted by molar-refractivity contribution is 7.92. The third kappa shape index (κ3) is 3.19. The molecule has 1 aromatic heterocycles. The van der Waals surface area contributed by atoms with Gasteiger partial charge in [0, 0.05) is 11.9 Å². The summed E-state index contributed by atoms with van der Waals surface area (Å²) in [6, 6.07) is 7.53. The minimum absolute atomic E-state index is 0.0124. The summed E-state index contributed by atoms with van der Waals surface area (Å²) in [5.74, 6) is -0.0124. The van der Waals surface area contributed by atoms with E-state index in [0.29, 0.717) is 5.13 Å². The molecule has 2 aromatic rings. The predicted molar refractivity (Wildman–Crippen MR) is 83.8 cm³/mol. The monoisotopic (exact) mass is 310 g/mol. The smallest absolute Gasteiger partial charge is 0.240 e. The van der Waals surface area contributed by atoms with Gasteiger partial charge in [-0.15, -0.1) is 11.3 Å². The first-order chi connectivity index (χ1) is 9.29. The second-order valence-corrected chi connectivity index (χ2v) is 8.03. The Morgan fingerprint density at radius 1 is 1.15 bits per heavy atom. The molecule has 20 heavy (non-hydrogen) atoms. The molecule has 0 aliphatic heterocycles. The maximum absolute atomic E-state index is 12.4. The average molecular weight is 310 g/mol. The highest BCUT2D eigenvalue weighted by Crippen LogP contribution is 2.27. The second-order valence-electron chi connectivity index (χ2n) is 4.85. The summed E-state index contributed by atoms with van der Waals surface area (Å²) >= 11 is 1.40. The van der Waals surface area contributed by atoms with Crippen molar-refractivity contribution in [1.82, 2.24) is 4.98 Å². The number of sulfonamides is 1. The molecule has 0 atom stereocenters. The number of nitrogens with zero attached hydrogens (tertiary/aromatic N) is 2. The molecule has 0 saturated heterocycles. The number of hydrogen-bond donors (Lipinski definition) is 0. The van der Waals surface area contributed by atoms with Crippen LogP contribution in [0.25, 0.3) is 0 Å². The molecule has 108 valence electrons. The van der Waals surface area contributed by atoms with E-state index in [0.717, 1.165) is 21.7 Å². The van der Waals surface area contributed by atoms with E-state index in [1.54, 1.807) is 7.05 Å². The number of benzene rings is 1. The standard InChI is InChI=1S/C14H18N2O2S2/c1-10-5-7-13(8-6-10)9-20(17,18)16(4)14-15-11(2)12(3)19-14/h5-8H,9H2,1-4H3. The van der Waals surface area contributed by atoms with Gasteiger partial charge in [-0.2, -0.15) is 0 Å². The van der Waals surface area contributed by atoms with Crippen LogP contribution in [0.15, 0.2) is 24.3 Å². The highest BCUT2D eigenvalue weighted by atomic mass is 32.2. The van der Waals surface area contributed by atoms with Crippen LogP contribution in [0, 0.1) is 20.8 Å². The topological polar surface area (TPSA) is 50.3 Å². The summed E-state index contributed by atoms with van der Waals surface area (Å²) in [6.45, 7) is 5.80. The van der Waals surface area contributed by atoms with Crippen LogP contribution < -0.4 is 4.31 Å². The average Bonchev–Trinajstić information content (AvgIpc) is 2.71. The number of rotatable bonds is 4. The van der Waals surface area contributed by atoms with Crippen molar-refractivity contribution in [2.45, 2.75) is 26.5 Å². The van der Waals surface area contributed by atoms with Crippen LogP contribution in [0.3, 0.4) is 0 Å². The van der Waals surface area contributed by atoms with Gasteiger partial charge in [-0.05, 0) is 26.3 Å². The molecule has 1 aromatic carbocycles. The number of thiazole rings is 1. The Bertz CT molecular complexity index is 684. The fraction of sp³-hybridized carbons (Fsp3) is 0.357. The van der Waals surface area contributed by atoms with E-state index in [4.69, 9.17) is 0 Å². The van der Waals surface area contributed by atoms with Crippen LogP contribution in [-0.2, 0) is 15.8 Å². The first-order valence-corrected chi connectivity index (χ1v) is 8.68. The van der Waals surface area contributed by atoms with E-state index in [9.17, 15) is 8.42 Å². The summed E-state index contributed by atoms with van der Waals surface area (Å²) in [7, 11) is -1.84. The van der Waals surface area contributed by atoms with Crippen molar-refractivity contribution in [2.24, 2.45) is 0 Å². The Morgan fingerprint density at radius 3 is 2.25 bits per heavy atom. The van der Waals surface area contributed by atoms with Gasteiger partial charge in [0.25, 0.3) is 0 Å². The molecule has 0 amide bonds. The van der Waals surface area contributed by atoms with Crippen molar-refractivity contribution in [2.75, 3.05) is 11.4 Å². The lowest BCUT2D eigenvalue weighted by molar-refractivity contribution is 0.593. The molecule has 0 fully saturated rings. The van der Waals surface area contributed by atoms with E-state index in [2.05, 4.69) is 4.98 Å². The van der Waals surface area contributed by atoms with Crippen molar-refractivity contribution >= 4 is 26.5 Å². The zero-order valence-electron chi connectivity index (χ0n) is 12.0. The molecule has 0 saturated carbocycles.